The van der Waals surface area contributed by atoms with Crippen LogP contribution in [0.5, 0.6) is 0 Å². The van der Waals surface area contributed by atoms with Gasteiger partial charge in [-0.15, -0.1) is 0 Å². The van der Waals surface area contributed by atoms with Crippen LogP contribution in [0.3, 0.4) is 0 Å². The van der Waals surface area contributed by atoms with Crippen molar-refractivity contribution in [1.82, 2.24) is 19.9 Å². The van der Waals surface area contributed by atoms with Gasteiger partial charge in [0.1, 0.15) is 11.6 Å². The Morgan fingerprint density at radius 3 is 1.38 bits per heavy atom. The van der Waals surface area contributed by atoms with E-state index in [1.54, 1.807) is 12.4 Å². The number of benzene rings is 4. The molecule has 2 aromatic heterocycles. The van der Waals surface area contributed by atoms with Crippen LogP contribution in [0, 0.1) is 0 Å². The van der Waals surface area contributed by atoms with Crippen molar-refractivity contribution >= 4 is 11.8 Å². The highest BCUT2D eigenvalue weighted by atomic mass is 32.2. The molecule has 0 fully saturated rings. The van der Waals surface area contributed by atoms with Crippen LogP contribution in [0.1, 0.15) is 11.1 Å². The summed E-state index contributed by atoms with van der Waals surface area (Å²) in [5.41, 5.74) is 9.57. The predicted molar refractivity (Wildman–Crippen MR) is 154 cm³/mol. The minimum absolute atomic E-state index is 0.894. The van der Waals surface area contributed by atoms with E-state index in [0.717, 1.165) is 34.3 Å². The van der Waals surface area contributed by atoms with Gasteiger partial charge >= 0.3 is 0 Å². The summed E-state index contributed by atoms with van der Waals surface area (Å²) in [6.07, 6.45) is 7.37. The summed E-state index contributed by atoms with van der Waals surface area (Å²) in [7, 11) is 0. The van der Waals surface area contributed by atoms with Crippen molar-refractivity contribution in [3.8, 4) is 45.0 Å². The Morgan fingerprint density at radius 2 is 0.973 bits per heavy atom. The fourth-order valence-electron chi connectivity index (χ4n) is 4.60. The van der Waals surface area contributed by atoms with Crippen molar-refractivity contribution in [2.24, 2.45) is 0 Å². The summed E-state index contributed by atoms with van der Waals surface area (Å²) in [5.74, 6) is 3.62. The summed E-state index contributed by atoms with van der Waals surface area (Å²) in [6.45, 7) is 0. The standard InChI is InChI=1S/C32H26N4S/c1-3-7-25(8-4-1)27-13-11-23(19-29(27)31-33-15-16-34-31)21-37-22-24-12-14-28(26-9-5-2-6-10-26)30(20-24)32-35-17-18-36-32/h1-20H,21-22H2,(H,33,34)(H,35,36). The Morgan fingerprint density at radius 1 is 0.514 bits per heavy atom. The maximum Gasteiger partial charge on any atom is 0.137 e. The SMILES string of the molecule is c1ccc(-c2ccc(CSCc3ccc(-c4ccccc4)c(-c4ncc[nH]4)c3)cc2-c2ncc[nH]2)cc1. The van der Waals surface area contributed by atoms with E-state index in [1.807, 2.05) is 36.3 Å². The van der Waals surface area contributed by atoms with E-state index in [4.69, 9.17) is 0 Å². The summed E-state index contributed by atoms with van der Waals surface area (Å²) >= 11 is 1.91. The van der Waals surface area contributed by atoms with E-state index in [-0.39, 0.29) is 0 Å². The summed E-state index contributed by atoms with van der Waals surface area (Å²) < 4.78 is 0. The second kappa shape index (κ2) is 10.7. The van der Waals surface area contributed by atoms with E-state index in [2.05, 4.69) is 105 Å². The highest BCUT2D eigenvalue weighted by Gasteiger charge is 2.13. The third-order valence-corrected chi connectivity index (χ3v) is 7.46. The summed E-state index contributed by atoms with van der Waals surface area (Å²) in [5, 5.41) is 0. The van der Waals surface area contributed by atoms with Gasteiger partial charge in [0, 0.05) is 47.4 Å². The molecule has 0 bridgehead atoms. The molecule has 2 N–H and O–H groups in total. The Kier molecular flexibility index (Phi) is 6.69. The van der Waals surface area contributed by atoms with Gasteiger partial charge in [0.05, 0.1) is 0 Å². The molecule has 0 spiro atoms. The van der Waals surface area contributed by atoms with E-state index >= 15 is 0 Å². The largest absolute Gasteiger partial charge is 0.345 e. The van der Waals surface area contributed by atoms with Gasteiger partial charge in [-0.25, -0.2) is 9.97 Å². The van der Waals surface area contributed by atoms with Gasteiger partial charge in [-0.1, -0.05) is 84.9 Å². The van der Waals surface area contributed by atoms with Crippen molar-refractivity contribution in [2.75, 3.05) is 0 Å². The highest BCUT2D eigenvalue weighted by Crippen LogP contribution is 2.34. The number of nitrogens with zero attached hydrogens (tertiary/aromatic N) is 2. The Balaban J connectivity index is 1.23. The molecule has 6 rings (SSSR count). The molecule has 0 radical (unpaired) electrons. The van der Waals surface area contributed by atoms with Crippen LogP contribution < -0.4 is 0 Å². The molecule has 37 heavy (non-hydrogen) atoms. The number of aromatic amines is 2. The lowest BCUT2D eigenvalue weighted by atomic mass is 9.97. The Bertz CT molecular complexity index is 1450. The number of thioether (sulfide) groups is 1. The zero-order chi connectivity index (χ0) is 24.9. The third kappa shape index (κ3) is 5.13. The van der Waals surface area contributed by atoms with Gasteiger partial charge in [-0.2, -0.15) is 11.8 Å². The first kappa shape index (κ1) is 23.1. The fraction of sp³-hybridized carbons (Fsp3) is 0.0625. The zero-order valence-corrected chi connectivity index (χ0v) is 21.1. The van der Waals surface area contributed by atoms with E-state index < -0.39 is 0 Å². The first-order valence-electron chi connectivity index (χ1n) is 12.3. The van der Waals surface area contributed by atoms with E-state index in [9.17, 15) is 0 Å². The topological polar surface area (TPSA) is 57.4 Å². The van der Waals surface area contributed by atoms with Crippen LogP contribution in [0.25, 0.3) is 45.0 Å². The molecule has 0 atom stereocenters. The number of aromatic nitrogens is 4. The van der Waals surface area contributed by atoms with E-state index in [1.165, 1.54) is 33.4 Å². The van der Waals surface area contributed by atoms with E-state index in [0.29, 0.717) is 0 Å². The number of hydrogen-bond acceptors (Lipinski definition) is 3. The minimum atomic E-state index is 0.894. The van der Waals surface area contributed by atoms with Gasteiger partial charge in [0.25, 0.3) is 0 Å². The number of imidazole rings is 2. The van der Waals surface area contributed by atoms with Crippen LogP contribution in [-0.4, -0.2) is 19.9 Å². The molecule has 5 heteroatoms. The van der Waals surface area contributed by atoms with Gasteiger partial charge in [0.15, 0.2) is 0 Å². The average molecular weight is 499 g/mol. The fourth-order valence-corrected chi connectivity index (χ4v) is 5.54. The van der Waals surface area contributed by atoms with Gasteiger partial charge in [-0.05, 0) is 45.5 Å². The lowest BCUT2D eigenvalue weighted by molar-refractivity contribution is 1.29. The molecule has 0 amide bonds. The number of nitrogens with one attached hydrogen (secondary N) is 2. The molecule has 180 valence electrons. The summed E-state index contributed by atoms with van der Waals surface area (Å²) in [4.78, 5) is 15.6. The van der Waals surface area contributed by atoms with Crippen LogP contribution >= 0.6 is 11.8 Å². The third-order valence-electron chi connectivity index (χ3n) is 6.38. The first-order chi connectivity index (χ1) is 18.3. The van der Waals surface area contributed by atoms with Crippen LogP contribution in [0.2, 0.25) is 0 Å². The number of rotatable bonds is 8. The van der Waals surface area contributed by atoms with Crippen molar-refractivity contribution in [2.45, 2.75) is 11.5 Å². The molecule has 0 saturated heterocycles. The highest BCUT2D eigenvalue weighted by molar-refractivity contribution is 7.97. The van der Waals surface area contributed by atoms with Crippen molar-refractivity contribution in [1.29, 1.82) is 0 Å². The van der Waals surface area contributed by atoms with Crippen LogP contribution in [-0.2, 0) is 11.5 Å². The first-order valence-corrected chi connectivity index (χ1v) is 13.4. The molecule has 4 aromatic carbocycles. The molecule has 0 aliphatic rings. The Labute approximate surface area is 220 Å². The zero-order valence-electron chi connectivity index (χ0n) is 20.3. The molecule has 6 aromatic rings. The number of hydrogen-bond donors (Lipinski definition) is 2. The maximum atomic E-state index is 4.54. The predicted octanol–water partition coefficient (Wildman–Crippen LogP) is 8.23. The van der Waals surface area contributed by atoms with Gasteiger partial charge in [-0.3, -0.25) is 0 Å². The monoisotopic (exact) mass is 498 g/mol. The van der Waals surface area contributed by atoms with Crippen molar-refractivity contribution in [3.05, 3.63) is 133 Å². The maximum absolute atomic E-state index is 4.54. The van der Waals surface area contributed by atoms with Gasteiger partial charge < -0.3 is 9.97 Å². The molecular weight excluding hydrogens is 472 g/mol. The van der Waals surface area contributed by atoms with Gasteiger partial charge in [0.2, 0.25) is 0 Å². The molecule has 0 aliphatic carbocycles. The molecule has 0 saturated carbocycles. The molecule has 0 unspecified atom stereocenters. The molecular formula is C32H26N4S. The van der Waals surface area contributed by atoms with Crippen LogP contribution in [0.15, 0.2) is 122 Å². The lowest BCUT2D eigenvalue weighted by Crippen LogP contribution is -1.92. The van der Waals surface area contributed by atoms with Crippen molar-refractivity contribution in [3.63, 3.8) is 0 Å². The molecule has 2 heterocycles. The molecule has 4 nitrogen and oxygen atoms in total. The minimum Gasteiger partial charge on any atom is -0.345 e. The number of H-pyrrole nitrogens is 2. The smallest absolute Gasteiger partial charge is 0.137 e. The summed E-state index contributed by atoms with van der Waals surface area (Å²) in [6, 6.07) is 34.4. The molecule has 0 aliphatic heterocycles. The normalized spacial score (nSPS) is 11.0. The second-order valence-electron chi connectivity index (χ2n) is 8.86. The Hall–Kier alpha value is -4.35. The average Bonchev–Trinajstić information content (AvgIpc) is 3.69. The van der Waals surface area contributed by atoms with Crippen molar-refractivity contribution < 1.29 is 0 Å². The lowest BCUT2D eigenvalue weighted by Gasteiger charge is -2.12. The quantitative estimate of drug-likeness (QED) is 0.222. The van der Waals surface area contributed by atoms with Crippen LogP contribution in [0.4, 0.5) is 0 Å². The second-order valence-corrected chi connectivity index (χ2v) is 9.85.